The Bertz CT molecular complexity index is 1370. The van der Waals surface area contributed by atoms with E-state index in [1.807, 2.05) is 44.2 Å². The molecule has 0 saturated carbocycles. The van der Waals surface area contributed by atoms with Crippen LogP contribution in [0.15, 0.2) is 72.8 Å². The van der Waals surface area contributed by atoms with Gasteiger partial charge in [0.15, 0.2) is 0 Å². The molecule has 4 bridgehead atoms. The number of hydrogen-bond acceptors (Lipinski definition) is 5. The van der Waals surface area contributed by atoms with Crippen LogP contribution in [0.1, 0.15) is 65.3 Å². The first kappa shape index (κ1) is 28.8. The second-order valence-electron chi connectivity index (χ2n) is 10.8. The predicted octanol–water partition coefficient (Wildman–Crippen LogP) is 4.76. The smallest absolute Gasteiger partial charge is 0.251 e. The van der Waals surface area contributed by atoms with E-state index in [9.17, 15) is 13.2 Å². The summed E-state index contributed by atoms with van der Waals surface area (Å²) >= 11 is 0. The second kappa shape index (κ2) is 12.3. The van der Waals surface area contributed by atoms with Gasteiger partial charge in [-0.25, -0.2) is 8.42 Å². The molecule has 2 unspecified atom stereocenters. The predicted molar refractivity (Wildman–Crippen MR) is 156 cm³/mol. The zero-order valence-corrected chi connectivity index (χ0v) is 23.8. The van der Waals surface area contributed by atoms with Crippen molar-refractivity contribution in [2.24, 2.45) is 5.73 Å². The molecule has 2 atom stereocenters. The van der Waals surface area contributed by atoms with E-state index in [0.717, 1.165) is 17.5 Å². The number of ether oxygens (including phenoxy) is 1. The highest BCUT2D eigenvalue weighted by molar-refractivity contribution is 7.92. The Kier molecular flexibility index (Phi) is 9.10. The zero-order valence-electron chi connectivity index (χ0n) is 23.0. The highest BCUT2D eigenvalue weighted by Crippen LogP contribution is 2.26. The van der Waals surface area contributed by atoms with Crippen molar-refractivity contribution in [3.8, 4) is 0 Å². The van der Waals surface area contributed by atoms with Crippen molar-refractivity contribution in [2.75, 3.05) is 23.7 Å². The molecule has 3 aromatic carbocycles. The Labute approximate surface area is 232 Å². The summed E-state index contributed by atoms with van der Waals surface area (Å²) in [5.41, 5.74) is 10.9. The van der Waals surface area contributed by atoms with Gasteiger partial charge in [0, 0.05) is 17.6 Å². The molecule has 0 fully saturated rings. The molecule has 5 rings (SSSR count). The van der Waals surface area contributed by atoms with E-state index in [2.05, 4.69) is 29.6 Å². The van der Waals surface area contributed by atoms with Gasteiger partial charge in [-0.1, -0.05) is 61.5 Å². The van der Waals surface area contributed by atoms with E-state index < -0.39 is 15.6 Å². The number of benzene rings is 3. The van der Waals surface area contributed by atoms with Crippen molar-refractivity contribution in [2.45, 2.75) is 57.7 Å². The number of carbonyl (C=O) groups excluding carboxylic acids is 1. The molecule has 3 aromatic rings. The van der Waals surface area contributed by atoms with Gasteiger partial charge < -0.3 is 15.8 Å². The average molecular weight is 550 g/mol. The molecule has 2 aliphatic rings. The summed E-state index contributed by atoms with van der Waals surface area (Å²) in [5.74, 6) is -0.264. The van der Waals surface area contributed by atoms with E-state index in [0.29, 0.717) is 49.2 Å². The molecule has 0 aliphatic carbocycles. The van der Waals surface area contributed by atoms with Crippen LogP contribution in [0.4, 0.5) is 5.69 Å². The molecule has 39 heavy (non-hydrogen) atoms. The van der Waals surface area contributed by atoms with Crippen molar-refractivity contribution in [1.82, 2.24) is 5.32 Å². The first-order valence-electron chi connectivity index (χ1n) is 13.5. The number of hydrogen-bond donors (Lipinski definition) is 2. The molecule has 2 aliphatic heterocycles. The minimum Gasteiger partial charge on any atom is -0.375 e. The van der Waals surface area contributed by atoms with Crippen molar-refractivity contribution >= 4 is 21.6 Å². The summed E-state index contributed by atoms with van der Waals surface area (Å²) in [6.07, 6.45) is 3.97. The normalized spacial score (nSPS) is 20.7. The topological polar surface area (TPSA) is 102 Å². The third kappa shape index (κ3) is 7.91. The summed E-state index contributed by atoms with van der Waals surface area (Å²) in [7, 11) is -3.55. The SMILES string of the molecule is CCCN(c1cc2cc(c1)C(=O)NC(c1ccccc1)CCc1ccc(cc1)CC(C)(N)COC2)S(C)(=O)=O. The van der Waals surface area contributed by atoms with Gasteiger partial charge in [-0.2, -0.15) is 0 Å². The number of rotatable bonds is 5. The molecule has 0 aromatic heterocycles. The Hall–Kier alpha value is -3.20. The standard InChI is InChI=1S/C31H39N3O4S/c1-4-16-34(39(3,36)37)28-18-25-17-27(19-28)30(35)33-29(26-8-6-5-7-9-26)15-14-23-10-12-24(13-11-23)20-31(2,32)22-38-21-25/h5-13,17-19,29H,4,14-16,20-22,32H2,1-3H3,(H,33,35). The fraction of sp³-hybridized carbons (Fsp3) is 0.387. The summed E-state index contributed by atoms with van der Waals surface area (Å²) in [5, 5.41) is 3.21. The Balaban J connectivity index is 1.75. The van der Waals surface area contributed by atoms with Gasteiger partial charge in [-0.3, -0.25) is 9.10 Å². The molecule has 208 valence electrons. The van der Waals surface area contributed by atoms with Crippen LogP contribution >= 0.6 is 0 Å². The molecule has 1 amide bonds. The molecular weight excluding hydrogens is 510 g/mol. The maximum Gasteiger partial charge on any atom is 0.251 e. The van der Waals surface area contributed by atoms with Gasteiger partial charge in [0.05, 0.1) is 31.2 Å². The lowest BCUT2D eigenvalue weighted by atomic mass is 9.93. The van der Waals surface area contributed by atoms with Crippen LogP contribution < -0.4 is 15.4 Å². The Morgan fingerprint density at radius 3 is 2.38 bits per heavy atom. The fourth-order valence-electron chi connectivity index (χ4n) is 5.03. The van der Waals surface area contributed by atoms with Gasteiger partial charge in [-0.05, 0) is 73.1 Å². The average Bonchev–Trinajstić information content (AvgIpc) is 2.89. The van der Waals surface area contributed by atoms with Crippen LogP contribution in [0.3, 0.4) is 0 Å². The molecule has 0 spiro atoms. The summed E-state index contributed by atoms with van der Waals surface area (Å²) in [6, 6.07) is 23.4. The lowest BCUT2D eigenvalue weighted by Crippen LogP contribution is -2.43. The maximum atomic E-state index is 13.7. The van der Waals surface area contributed by atoms with Crippen LogP contribution in [0, 0.1) is 0 Å². The Morgan fingerprint density at radius 1 is 1.03 bits per heavy atom. The summed E-state index contributed by atoms with van der Waals surface area (Å²) in [6.45, 7) is 4.70. The number of fused-ring (bicyclic) bond motifs is 10. The molecule has 3 N–H and O–H groups in total. The number of aryl methyl sites for hydroxylation is 1. The van der Waals surface area contributed by atoms with Crippen molar-refractivity contribution in [1.29, 1.82) is 0 Å². The minimum absolute atomic E-state index is 0.200. The van der Waals surface area contributed by atoms with E-state index in [-0.39, 0.29) is 18.6 Å². The highest BCUT2D eigenvalue weighted by atomic mass is 32.2. The van der Waals surface area contributed by atoms with Gasteiger partial charge in [0.2, 0.25) is 10.0 Å². The van der Waals surface area contributed by atoms with Crippen molar-refractivity contribution in [3.63, 3.8) is 0 Å². The molecule has 2 heterocycles. The fourth-order valence-corrected chi connectivity index (χ4v) is 6.03. The van der Waals surface area contributed by atoms with Crippen molar-refractivity contribution < 1.29 is 17.9 Å². The quantitative estimate of drug-likeness (QED) is 0.478. The minimum atomic E-state index is -3.55. The monoisotopic (exact) mass is 549 g/mol. The zero-order chi connectivity index (χ0) is 28.0. The second-order valence-corrected chi connectivity index (χ2v) is 12.7. The van der Waals surface area contributed by atoms with Crippen LogP contribution in [0.5, 0.6) is 0 Å². The van der Waals surface area contributed by atoms with Crippen LogP contribution in [-0.2, 0) is 34.2 Å². The molecule has 7 nitrogen and oxygen atoms in total. The highest BCUT2D eigenvalue weighted by Gasteiger charge is 2.23. The molecule has 0 radical (unpaired) electrons. The number of sulfonamides is 1. The summed E-state index contributed by atoms with van der Waals surface area (Å²) < 4.78 is 32.7. The number of carbonyl (C=O) groups is 1. The third-order valence-electron chi connectivity index (χ3n) is 6.92. The van der Waals surface area contributed by atoms with Gasteiger partial charge in [0.25, 0.3) is 5.91 Å². The number of nitrogens with zero attached hydrogens (tertiary/aromatic N) is 1. The van der Waals surface area contributed by atoms with E-state index in [1.54, 1.807) is 18.2 Å². The first-order chi connectivity index (χ1) is 18.5. The van der Waals surface area contributed by atoms with E-state index in [4.69, 9.17) is 10.5 Å². The van der Waals surface area contributed by atoms with Crippen molar-refractivity contribution in [3.05, 3.63) is 101 Å². The Morgan fingerprint density at radius 2 is 1.72 bits per heavy atom. The largest absolute Gasteiger partial charge is 0.375 e. The van der Waals surface area contributed by atoms with Gasteiger partial charge in [-0.15, -0.1) is 0 Å². The van der Waals surface area contributed by atoms with Crippen LogP contribution in [0.25, 0.3) is 0 Å². The van der Waals surface area contributed by atoms with Gasteiger partial charge in [0.1, 0.15) is 0 Å². The summed E-state index contributed by atoms with van der Waals surface area (Å²) in [4.78, 5) is 13.7. The molecule has 0 saturated heterocycles. The van der Waals surface area contributed by atoms with E-state index >= 15 is 0 Å². The first-order valence-corrected chi connectivity index (χ1v) is 15.3. The van der Waals surface area contributed by atoms with Gasteiger partial charge >= 0.3 is 0 Å². The van der Waals surface area contributed by atoms with Crippen LogP contribution in [0.2, 0.25) is 0 Å². The number of amides is 1. The number of nitrogens with two attached hydrogens (primary N) is 1. The molecule has 8 heteroatoms. The third-order valence-corrected chi connectivity index (χ3v) is 8.11. The number of anilines is 1. The maximum absolute atomic E-state index is 13.7. The molecular formula is C31H39N3O4S. The van der Waals surface area contributed by atoms with E-state index in [1.165, 1.54) is 16.1 Å². The number of nitrogens with one attached hydrogen (secondary N) is 1. The van der Waals surface area contributed by atoms with Crippen LogP contribution in [-0.4, -0.2) is 39.3 Å². The lowest BCUT2D eigenvalue weighted by Gasteiger charge is -2.25. The lowest BCUT2D eigenvalue weighted by molar-refractivity contribution is 0.0790.